The highest BCUT2D eigenvalue weighted by Gasteiger charge is 2.45. The van der Waals surface area contributed by atoms with Crippen LogP contribution in [0.2, 0.25) is 0 Å². The van der Waals surface area contributed by atoms with Gasteiger partial charge in [0.05, 0.1) is 28.9 Å². The molecule has 10 heteroatoms. The monoisotopic (exact) mass is 473 g/mol. The Morgan fingerprint density at radius 2 is 1.79 bits per heavy atom. The highest BCUT2D eigenvalue weighted by atomic mass is 19.4. The first-order valence-corrected chi connectivity index (χ1v) is 10.8. The van der Waals surface area contributed by atoms with Crippen molar-refractivity contribution in [3.05, 3.63) is 71.8 Å². The van der Waals surface area contributed by atoms with Gasteiger partial charge in [0.1, 0.15) is 11.6 Å². The maximum absolute atomic E-state index is 14.6. The normalized spacial score (nSPS) is 18.3. The van der Waals surface area contributed by atoms with Crippen LogP contribution in [0.25, 0.3) is 11.1 Å². The number of anilines is 1. The number of hydrogen-bond donors (Lipinski definition) is 2. The second-order valence-electron chi connectivity index (χ2n) is 8.47. The number of aromatic nitrogens is 3. The van der Waals surface area contributed by atoms with Gasteiger partial charge in [0.15, 0.2) is 0 Å². The summed E-state index contributed by atoms with van der Waals surface area (Å²) in [6.45, 7) is 3.57. The van der Waals surface area contributed by atoms with Crippen LogP contribution in [0.4, 0.5) is 23.2 Å². The van der Waals surface area contributed by atoms with Gasteiger partial charge in [-0.1, -0.05) is 32.0 Å². The largest absolute Gasteiger partial charge is 0.393 e. The van der Waals surface area contributed by atoms with Gasteiger partial charge < -0.3 is 10.6 Å². The second kappa shape index (κ2) is 9.46. The minimum Gasteiger partial charge on any atom is -0.320 e. The number of hydrogen-bond acceptors (Lipinski definition) is 5. The SMILES string of the molecule is CC(C)c1ncc(C(=O)Nc2c(-c3ccccc3F)ccnc2C2CC(C(F)(F)F)CN2)cn1. The third-order valence-corrected chi connectivity index (χ3v) is 5.76. The summed E-state index contributed by atoms with van der Waals surface area (Å²) in [5, 5.41) is 5.57. The quantitative estimate of drug-likeness (QED) is 0.494. The van der Waals surface area contributed by atoms with Gasteiger partial charge in [0.2, 0.25) is 0 Å². The van der Waals surface area contributed by atoms with Crippen molar-refractivity contribution in [3.8, 4) is 11.1 Å². The van der Waals surface area contributed by atoms with Crippen LogP contribution in [-0.2, 0) is 0 Å². The van der Waals surface area contributed by atoms with Gasteiger partial charge in [-0.05, 0) is 18.6 Å². The van der Waals surface area contributed by atoms with E-state index in [1.165, 1.54) is 42.9 Å². The van der Waals surface area contributed by atoms with Crippen molar-refractivity contribution in [2.45, 2.75) is 38.4 Å². The summed E-state index contributed by atoms with van der Waals surface area (Å²) < 4.78 is 54.5. The summed E-state index contributed by atoms with van der Waals surface area (Å²) >= 11 is 0. The molecule has 0 aliphatic carbocycles. The average molecular weight is 473 g/mol. The first-order chi connectivity index (χ1) is 16.1. The van der Waals surface area contributed by atoms with Crippen LogP contribution in [0.1, 0.15) is 54.1 Å². The predicted molar refractivity (Wildman–Crippen MR) is 119 cm³/mol. The molecule has 1 aliphatic heterocycles. The third-order valence-electron chi connectivity index (χ3n) is 5.76. The first-order valence-electron chi connectivity index (χ1n) is 10.8. The van der Waals surface area contributed by atoms with E-state index in [1.807, 2.05) is 13.8 Å². The lowest BCUT2D eigenvalue weighted by atomic mass is 9.97. The number of benzene rings is 1. The van der Waals surface area contributed by atoms with Gasteiger partial charge in [0.25, 0.3) is 5.91 Å². The zero-order chi connectivity index (χ0) is 24.5. The molecule has 3 heterocycles. The Balaban J connectivity index is 1.74. The van der Waals surface area contributed by atoms with Crippen LogP contribution in [-0.4, -0.2) is 33.6 Å². The fraction of sp³-hybridized carbons (Fsp3) is 0.333. The topological polar surface area (TPSA) is 79.8 Å². The lowest BCUT2D eigenvalue weighted by molar-refractivity contribution is -0.169. The molecule has 2 atom stereocenters. The van der Waals surface area contributed by atoms with Crippen LogP contribution in [0, 0.1) is 11.7 Å². The Hall–Kier alpha value is -3.40. The molecular formula is C24H23F4N5O. The van der Waals surface area contributed by atoms with Crippen LogP contribution >= 0.6 is 0 Å². The summed E-state index contributed by atoms with van der Waals surface area (Å²) in [4.78, 5) is 25.7. The number of carbonyl (C=O) groups is 1. The molecule has 6 nitrogen and oxygen atoms in total. The minimum atomic E-state index is -4.36. The molecule has 0 spiro atoms. The van der Waals surface area contributed by atoms with Gasteiger partial charge in [0, 0.05) is 42.2 Å². The summed E-state index contributed by atoms with van der Waals surface area (Å²) in [6, 6.07) is 6.72. The van der Waals surface area contributed by atoms with Crippen molar-refractivity contribution in [3.63, 3.8) is 0 Å². The number of amides is 1. The van der Waals surface area contributed by atoms with Crippen molar-refractivity contribution in [2.24, 2.45) is 5.92 Å². The van der Waals surface area contributed by atoms with Gasteiger partial charge in [-0.2, -0.15) is 13.2 Å². The number of halogens is 4. The Labute approximate surface area is 193 Å². The van der Waals surface area contributed by atoms with Crippen molar-refractivity contribution in [1.29, 1.82) is 0 Å². The van der Waals surface area contributed by atoms with Crippen molar-refractivity contribution in [2.75, 3.05) is 11.9 Å². The van der Waals surface area contributed by atoms with Gasteiger partial charge >= 0.3 is 6.18 Å². The Morgan fingerprint density at radius 3 is 2.41 bits per heavy atom. The van der Waals surface area contributed by atoms with Crippen molar-refractivity contribution >= 4 is 11.6 Å². The third kappa shape index (κ3) is 4.91. The van der Waals surface area contributed by atoms with E-state index in [9.17, 15) is 22.4 Å². The Kier molecular flexibility index (Phi) is 6.60. The molecule has 1 saturated heterocycles. The van der Waals surface area contributed by atoms with E-state index in [0.29, 0.717) is 11.4 Å². The highest BCUT2D eigenvalue weighted by molar-refractivity contribution is 6.06. The molecule has 1 fully saturated rings. The molecule has 1 amide bonds. The van der Waals surface area contributed by atoms with Gasteiger partial charge in [-0.15, -0.1) is 0 Å². The zero-order valence-electron chi connectivity index (χ0n) is 18.5. The number of alkyl halides is 3. The number of pyridine rings is 1. The molecule has 3 aromatic rings. The van der Waals surface area contributed by atoms with E-state index in [4.69, 9.17) is 0 Å². The van der Waals surface area contributed by atoms with E-state index in [-0.39, 0.29) is 41.4 Å². The lowest BCUT2D eigenvalue weighted by Gasteiger charge is -2.20. The molecule has 4 rings (SSSR count). The zero-order valence-corrected chi connectivity index (χ0v) is 18.5. The van der Waals surface area contributed by atoms with E-state index < -0.39 is 29.9 Å². The highest BCUT2D eigenvalue weighted by Crippen LogP contribution is 2.41. The Bertz CT molecular complexity index is 1180. The number of rotatable bonds is 5. The molecule has 0 bridgehead atoms. The molecule has 0 saturated carbocycles. The molecule has 34 heavy (non-hydrogen) atoms. The Morgan fingerprint density at radius 1 is 1.09 bits per heavy atom. The number of carbonyl (C=O) groups excluding carboxylic acids is 1. The number of nitrogens with one attached hydrogen (secondary N) is 2. The maximum atomic E-state index is 14.6. The molecule has 1 aliphatic rings. The fourth-order valence-electron chi connectivity index (χ4n) is 3.91. The molecule has 2 N–H and O–H groups in total. The van der Waals surface area contributed by atoms with Crippen LogP contribution in [0.5, 0.6) is 0 Å². The summed E-state index contributed by atoms with van der Waals surface area (Å²) in [5.41, 5.74) is 1.02. The maximum Gasteiger partial charge on any atom is 0.393 e. The second-order valence-corrected chi connectivity index (χ2v) is 8.47. The molecule has 0 radical (unpaired) electrons. The summed E-state index contributed by atoms with van der Waals surface area (Å²) in [5.74, 6) is -2.01. The van der Waals surface area contributed by atoms with Crippen LogP contribution < -0.4 is 10.6 Å². The standard InChI is InChI=1S/C24H23F4N5O/c1-13(2)22-31-10-14(11-32-22)23(34)33-20-17(16-5-3-4-6-18(16)25)7-8-29-21(20)19-9-15(12-30-19)24(26,27)28/h3-8,10-11,13,15,19,30H,9,12H2,1-2H3,(H,33,34). The predicted octanol–water partition coefficient (Wildman–Crippen LogP) is 5.27. The fourth-order valence-corrected chi connectivity index (χ4v) is 3.91. The van der Waals surface area contributed by atoms with Gasteiger partial charge in [-0.3, -0.25) is 9.78 Å². The van der Waals surface area contributed by atoms with Crippen LogP contribution in [0.15, 0.2) is 48.9 Å². The molecule has 2 unspecified atom stereocenters. The van der Waals surface area contributed by atoms with E-state index >= 15 is 0 Å². The van der Waals surface area contributed by atoms with Crippen molar-refractivity contribution < 1.29 is 22.4 Å². The van der Waals surface area contributed by atoms with Crippen molar-refractivity contribution in [1.82, 2.24) is 20.3 Å². The lowest BCUT2D eigenvalue weighted by Crippen LogP contribution is -2.24. The average Bonchev–Trinajstić information content (AvgIpc) is 3.30. The van der Waals surface area contributed by atoms with E-state index in [1.54, 1.807) is 6.07 Å². The van der Waals surface area contributed by atoms with Gasteiger partial charge in [-0.25, -0.2) is 14.4 Å². The van der Waals surface area contributed by atoms with Crippen LogP contribution in [0.3, 0.4) is 0 Å². The summed E-state index contributed by atoms with van der Waals surface area (Å²) in [6.07, 6.45) is -0.444. The number of nitrogens with zero attached hydrogens (tertiary/aromatic N) is 3. The minimum absolute atomic E-state index is 0.0738. The molecule has 1 aromatic carbocycles. The molecule has 178 valence electrons. The first kappa shape index (κ1) is 23.7. The molecule has 2 aromatic heterocycles. The van der Waals surface area contributed by atoms with E-state index in [0.717, 1.165) is 0 Å². The smallest absolute Gasteiger partial charge is 0.320 e. The van der Waals surface area contributed by atoms with E-state index in [2.05, 4.69) is 25.6 Å². The molecular weight excluding hydrogens is 450 g/mol. The summed E-state index contributed by atoms with van der Waals surface area (Å²) in [7, 11) is 0.